The van der Waals surface area contributed by atoms with Gasteiger partial charge in [0, 0.05) is 25.8 Å². The van der Waals surface area contributed by atoms with Crippen LogP contribution in [0.2, 0.25) is 0 Å². The van der Waals surface area contributed by atoms with E-state index in [2.05, 4.69) is 17.3 Å². The average molecular weight is 301 g/mol. The van der Waals surface area contributed by atoms with Gasteiger partial charge in [-0.1, -0.05) is 0 Å². The van der Waals surface area contributed by atoms with Crippen LogP contribution in [0.3, 0.4) is 0 Å². The van der Waals surface area contributed by atoms with Crippen LogP contribution in [0.1, 0.15) is 19.3 Å². The fourth-order valence-electron chi connectivity index (χ4n) is 2.88. The van der Waals surface area contributed by atoms with Crippen molar-refractivity contribution >= 4 is 24.8 Å². The zero-order valence-corrected chi connectivity index (χ0v) is 12.9. The number of rotatable bonds is 3. The molecule has 18 heavy (non-hydrogen) atoms. The summed E-state index contributed by atoms with van der Waals surface area (Å²) in [4.78, 5) is 2.53. The fourth-order valence-corrected chi connectivity index (χ4v) is 2.88. The molecule has 2 unspecified atom stereocenters. The van der Waals surface area contributed by atoms with Crippen LogP contribution in [0.5, 0.6) is 0 Å². The molecular weight excluding hydrogens is 275 g/mol. The normalized spacial score (nSPS) is 29.5. The molecule has 0 aromatic rings. The highest BCUT2D eigenvalue weighted by Gasteiger charge is 2.32. The Morgan fingerprint density at radius 1 is 1.17 bits per heavy atom. The molecule has 4 nitrogen and oxygen atoms in total. The van der Waals surface area contributed by atoms with Gasteiger partial charge in [0.1, 0.15) is 0 Å². The van der Waals surface area contributed by atoms with E-state index in [1.165, 1.54) is 12.8 Å². The van der Waals surface area contributed by atoms with E-state index in [1.54, 1.807) is 7.11 Å². The SMILES string of the molecule is COC1COCCC1N(C)C1CCNCC1.Cl.Cl. The summed E-state index contributed by atoms with van der Waals surface area (Å²) in [6, 6.07) is 1.24. The van der Waals surface area contributed by atoms with Crippen molar-refractivity contribution in [1.82, 2.24) is 10.2 Å². The van der Waals surface area contributed by atoms with E-state index in [9.17, 15) is 0 Å². The molecule has 110 valence electrons. The van der Waals surface area contributed by atoms with E-state index in [4.69, 9.17) is 9.47 Å². The van der Waals surface area contributed by atoms with Crippen LogP contribution in [0.4, 0.5) is 0 Å². The van der Waals surface area contributed by atoms with Gasteiger partial charge in [-0.25, -0.2) is 0 Å². The second-order valence-electron chi connectivity index (χ2n) is 4.85. The van der Waals surface area contributed by atoms with Gasteiger partial charge >= 0.3 is 0 Å². The number of hydrogen-bond donors (Lipinski definition) is 1. The molecule has 0 bridgehead atoms. The molecule has 2 atom stereocenters. The van der Waals surface area contributed by atoms with Crippen molar-refractivity contribution in [3.63, 3.8) is 0 Å². The molecule has 0 radical (unpaired) electrons. The first-order valence-corrected chi connectivity index (χ1v) is 6.36. The van der Waals surface area contributed by atoms with Gasteiger partial charge in [0.15, 0.2) is 0 Å². The molecule has 2 heterocycles. The molecule has 6 heteroatoms. The van der Waals surface area contributed by atoms with Crippen molar-refractivity contribution in [2.75, 3.05) is 40.5 Å². The van der Waals surface area contributed by atoms with Crippen LogP contribution >= 0.6 is 24.8 Å². The number of likely N-dealkylation sites (N-methyl/N-ethyl adjacent to an activating group) is 1. The minimum absolute atomic E-state index is 0. The van der Waals surface area contributed by atoms with Crippen LogP contribution in [0.25, 0.3) is 0 Å². The quantitative estimate of drug-likeness (QED) is 0.852. The largest absolute Gasteiger partial charge is 0.379 e. The predicted molar refractivity (Wildman–Crippen MR) is 78.2 cm³/mol. The third-order valence-corrected chi connectivity index (χ3v) is 3.98. The molecular formula is C12H26Cl2N2O2. The summed E-state index contributed by atoms with van der Waals surface area (Å²) in [5.41, 5.74) is 0. The molecule has 2 aliphatic rings. The maximum Gasteiger partial charge on any atom is 0.0960 e. The van der Waals surface area contributed by atoms with Crippen LogP contribution in [0, 0.1) is 0 Å². The number of halogens is 2. The van der Waals surface area contributed by atoms with Gasteiger partial charge in [0.2, 0.25) is 0 Å². The summed E-state index contributed by atoms with van der Waals surface area (Å²) in [6.45, 7) is 3.92. The lowest BCUT2D eigenvalue weighted by atomic mass is 9.98. The lowest BCUT2D eigenvalue weighted by Gasteiger charge is -2.42. The first-order chi connectivity index (χ1) is 7.83. The van der Waals surface area contributed by atoms with Crippen LogP contribution in [0.15, 0.2) is 0 Å². The van der Waals surface area contributed by atoms with Crippen molar-refractivity contribution in [2.45, 2.75) is 37.5 Å². The number of nitrogens with zero attached hydrogens (tertiary/aromatic N) is 1. The Labute approximate surface area is 123 Å². The highest BCUT2D eigenvalue weighted by atomic mass is 35.5. The Morgan fingerprint density at radius 3 is 2.44 bits per heavy atom. The maximum absolute atomic E-state index is 5.53. The van der Waals surface area contributed by atoms with Gasteiger partial charge in [0.05, 0.1) is 12.7 Å². The summed E-state index contributed by atoms with van der Waals surface area (Å²) in [5, 5.41) is 3.42. The first kappa shape index (κ1) is 18.4. The molecule has 2 fully saturated rings. The molecule has 0 aromatic carbocycles. The first-order valence-electron chi connectivity index (χ1n) is 6.36. The van der Waals surface area contributed by atoms with Gasteiger partial charge in [-0.15, -0.1) is 24.8 Å². The third-order valence-electron chi connectivity index (χ3n) is 3.98. The predicted octanol–water partition coefficient (Wildman–Crippen LogP) is 1.32. The summed E-state index contributed by atoms with van der Waals surface area (Å²) >= 11 is 0. The zero-order valence-electron chi connectivity index (χ0n) is 11.3. The lowest BCUT2D eigenvalue weighted by Crippen LogP contribution is -2.53. The Kier molecular flexibility index (Phi) is 9.56. The van der Waals surface area contributed by atoms with E-state index < -0.39 is 0 Å². The van der Waals surface area contributed by atoms with Gasteiger partial charge in [-0.2, -0.15) is 0 Å². The topological polar surface area (TPSA) is 33.7 Å². The molecule has 0 aliphatic carbocycles. The van der Waals surface area contributed by atoms with Gasteiger partial charge in [-0.3, -0.25) is 4.90 Å². The van der Waals surface area contributed by atoms with Crippen LogP contribution < -0.4 is 5.32 Å². The molecule has 0 amide bonds. The molecule has 0 aromatic heterocycles. The van der Waals surface area contributed by atoms with E-state index in [0.717, 1.165) is 32.7 Å². The van der Waals surface area contributed by atoms with E-state index in [0.29, 0.717) is 12.1 Å². The second kappa shape index (κ2) is 9.34. The zero-order chi connectivity index (χ0) is 11.4. The maximum atomic E-state index is 5.53. The van der Waals surface area contributed by atoms with Gasteiger partial charge in [0.25, 0.3) is 0 Å². The summed E-state index contributed by atoms with van der Waals surface area (Å²) in [6.07, 6.45) is 3.85. The van der Waals surface area contributed by atoms with Crippen LogP contribution in [-0.2, 0) is 9.47 Å². The summed E-state index contributed by atoms with van der Waals surface area (Å²) in [7, 11) is 4.04. The number of piperidine rings is 1. The minimum atomic E-state index is 0. The number of methoxy groups -OCH3 is 1. The molecule has 1 N–H and O–H groups in total. The monoisotopic (exact) mass is 300 g/mol. The van der Waals surface area contributed by atoms with Crippen molar-refractivity contribution in [3.8, 4) is 0 Å². The van der Waals surface area contributed by atoms with Crippen molar-refractivity contribution < 1.29 is 9.47 Å². The van der Waals surface area contributed by atoms with Gasteiger partial charge in [-0.05, 0) is 39.4 Å². The van der Waals surface area contributed by atoms with Crippen molar-refractivity contribution in [3.05, 3.63) is 0 Å². The smallest absolute Gasteiger partial charge is 0.0960 e. The third kappa shape index (κ3) is 4.51. The van der Waals surface area contributed by atoms with E-state index in [-0.39, 0.29) is 30.9 Å². The Morgan fingerprint density at radius 2 is 1.83 bits per heavy atom. The molecule has 0 saturated carbocycles. The fraction of sp³-hybridized carbons (Fsp3) is 1.00. The van der Waals surface area contributed by atoms with Gasteiger partial charge < -0.3 is 14.8 Å². The average Bonchev–Trinajstić information content (AvgIpc) is 2.39. The number of ether oxygens (including phenoxy) is 2. The van der Waals surface area contributed by atoms with Crippen molar-refractivity contribution in [1.29, 1.82) is 0 Å². The number of hydrogen-bond acceptors (Lipinski definition) is 4. The highest BCUT2D eigenvalue weighted by molar-refractivity contribution is 5.85. The Balaban J connectivity index is 0.00000144. The van der Waals surface area contributed by atoms with Crippen LogP contribution in [-0.4, -0.2) is 63.5 Å². The molecule has 2 aliphatic heterocycles. The summed E-state index contributed by atoms with van der Waals surface area (Å²) < 4.78 is 11.0. The molecule has 0 spiro atoms. The molecule has 2 rings (SSSR count). The summed E-state index contributed by atoms with van der Waals surface area (Å²) in [5.74, 6) is 0. The Bertz CT molecular complexity index is 216. The minimum Gasteiger partial charge on any atom is -0.379 e. The van der Waals surface area contributed by atoms with E-state index >= 15 is 0 Å². The lowest BCUT2D eigenvalue weighted by molar-refractivity contribution is -0.0875. The van der Waals surface area contributed by atoms with Crippen molar-refractivity contribution in [2.24, 2.45) is 0 Å². The number of nitrogens with one attached hydrogen (secondary N) is 1. The second-order valence-corrected chi connectivity index (χ2v) is 4.85. The standard InChI is InChI=1S/C12H24N2O2.2ClH/c1-14(10-3-6-13-7-4-10)11-5-8-16-9-12(11)15-2;;/h10-13H,3-9H2,1-2H3;2*1H. The van der Waals surface area contributed by atoms with E-state index in [1.807, 2.05) is 0 Å². The Hall–Kier alpha value is 0.420. The highest BCUT2D eigenvalue weighted by Crippen LogP contribution is 2.21. The molecule has 2 saturated heterocycles.